The first-order chi connectivity index (χ1) is 11.1. The van der Waals surface area contributed by atoms with Gasteiger partial charge in [0.15, 0.2) is 0 Å². The van der Waals surface area contributed by atoms with E-state index in [0.29, 0.717) is 18.8 Å². The number of carbonyl (C=O) groups is 2. The molecule has 2 aliphatic rings. The van der Waals surface area contributed by atoms with Crippen molar-refractivity contribution in [3.05, 3.63) is 33.4 Å². The molecule has 0 unspecified atom stereocenters. The Kier molecular flexibility index (Phi) is 3.50. The van der Waals surface area contributed by atoms with Crippen molar-refractivity contribution in [2.75, 3.05) is 24.5 Å². The molecule has 2 saturated heterocycles. The highest BCUT2D eigenvalue weighted by atomic mass is 32.1. The number of anilines is 1. The molecule has 120 valence electrons. The van der Waals surface area contributed by atoms with Crippen molar-refractivity contribution in [2.24, 2.45) is 11.3 Å². The molecular weight excluding hydrogens is 330 g/mol. The summed E-state index contributed by atoms with van der Waals surface area (Å²) >= 11 is 3.02. The van der Waals surface area contributed by atoms with Crippen molar-refractivity contribution in [2.45, 2.75) is 13.3 Å². The molecular formula is C16H17N3O2S2. The lowest BCUT2D eigenvalue weighted by atomic mass is 9.78. The Balaban J connectivity index is 1.58. The minimum Gasteiger partial charge on any atom is -0.336 e. The quantitative estimate of drug-likeness (QED) is 0.839. The number of hydrogen-bond acceptors (Lipinski definition) is 5. The number of rotatable bonds is 2. The summed E-state index contributed by atoms with van der Waals surface area (Å²) in [5.41, 5.74) is 2.70. The number of hydrogen-bond donors (Lipinski definition) is 0. The van der Waals surface area contributed by atoms with Gasteiger partial charge >= 0.3 is 0 Å². The molecule has 0 N–H and O–H groups in total. The van der Waals surface area contributed by atoms with Crippen LogP contribution in [-0.2, 0) is 4.79 Å². The van der Waals surface area contributed by atoms with Crippen LogP contribution in [0.3, 0.4) is 0 Å². The van der Waals surface area contributed by atoms with Crippen molar-refractivity contribution in [1.82, 2.24) is 9.88 Å². The summed E-state index contributed by atoms with van der Waals surface area (Å²) in [6.45, 7) is 3.95. The molecule has 0 aliphatic carbocycles. The molecule has 4 rings (SSSR count). The summed E-state index contributed by atoms with van der Waals surface area (Å²) in [5.74, 6) is 0.273. The van der Waals surface area contributed by atoms with E-state index in [0.717, 1.165) is 18.7 Å². The molecule has 2 amide bonds. The van der Waals surface area contributed by atoms with Crippen LogP contribution >= 0.6 is 22.7 Å². The second-order valence-corrected chi connectivity index (χ2v) is 7.80. The van der Waals surface area contributed by atoms with Gasteiger partial charge in [-0.2, -0.15) is 11.3 Å². The lowest BCUT2D eigenvalue weighted by molar-refractivity contribution is -0.126. The van der Waals surface area contributed by atoms with E-state index in [1.54, 1.807) is 27.1 Å². The van der Waals surface area contributed by atoms with Gasteiger partial charge in [0.25, 0.3) is 5.91 Å². The monoisotopic (exact) mass is 347 g/mol. The van der Waals surface area contributed by atoms with Gasteiger partial charge in [0.05, 0.1) is 16.6 Å². The summed E-state index contributed by atoms with van der Waals surface area (Å²) in [7, 11) is 0. The average molecular weight is 347 g/mol. The van der Waals surface area contributed by atoms with Gasteiger partial charge in [0.2, 0.25) is 5.91 Å². The van der Waals surface area contributed by atoms with Gasteiger partial charge in [-0.3, -0.25) is 9.59 Å². The van der Waals surface area contributed by atoms with Crippen LogP contribution in [0, 0.1) is 11.3 Å². The fourth-order valence-electron chi connectivity index (χ4n) is 3.75. The first kappa shape index (κ1) is 14.8. The van der Waals surface area contributed by atoms with Crippen LogP contribution < -0.4 is 4.90 Å². The molecule has 2 aromatic rings. The third-order valence-corrected chi connectivity index (χ3v) is 6.38. The van der Waals surface area contributed by atoms with E-state index in [4.69, 9.17) is 0 Å². The Morgan fingerprint density at radius 1 is 1.39 bits per heavy atom. The molecule has 7 heteroatoms. The topological polar surface area (TPSA) is 53.5 Å². The van der Waals surface area contributed by atoms with Crippen LogP contribution in [0.5, 0.6) is 0 Å². The van der Waals surface area contributed by atoms with Crippen LogP contribution in [0.15, 0.2) is 27.7 Å². The average Bonchev–Trinajstić information content (AvgIpc) is 3.31. The fraction of sp³-hybridized carbons (Fsp3) is 0.438. The fourth-order valence-corrected chi connectivity index (χ4v) is 4.92. The number of nitrogens with zero attached hydrogens (tertiary/aromatic N) is 3. The van der Waals surface area contributed by atoms with Gasteiger partial charge in [-0.15, -0.1) is 11.3 Å². The maximum atomic E-state index is 13.1. The Bertz CT molecular complexity index is 729. The Morgan fingerprint density at radius 3 is 2.96 bits per heavy atom. The third kappa shape index (κ3) is 2.21. The summed E-state index contributed by atoms with van der Waals surface area (Å²) in [5, 5.41) is 5.77. The first-order valence-corrected chi connectivity index (χ1v) is 9.52. The minimum atomic E-state index is -0.437. The molecule has 1 spiro atoms. The number of thiophene rings is 1. The van der Waals surface area contributed by atoms with Crippen molar-refractivity contribution >= 4 is 40.2 Å². The SMILES string of the molecule is C[C@H]1CN(C(=O)c2cscn2)C[C@@]12CCN(c1ccsc1)C2=O. The molecule has 2 aliphatic heterocycles. The zero-order valence-corrected chi connectivity index (χ0v) is 14.4. The highest BCUT2D eigenvalue weighted by molar-refractivity contribution is 7.08. The summed E-state index contributed by atoms with van der Waals surface area (Å²) in [6.07, 6.45) is 0.809. The standard InChI is InChI=1S/C16H17N3O2S2/c1-11-6-18(14(20)13-8-23-10-17-13)9-16(11)3-4-19(15(16)21)12-2-5-22-7-12/h2,5,7-8,10-11H,3-4,6,9H2,1H3/t11-,16-/m0/s1. The van der Waals surface area contributed by atoms with E-state index in [2.05, 4.69) is 11.9 Å². The van der Waals surface area contributed by atoms with E-state index in [9.17, 15) is 9.59 Å². The molecule has 2 aromatic heterocycles. The van der Waals surface area contributed by atoms with Crippen molar-refractivity contribution in [3.8, 4) is 0 Å². The molecule has 23 heavy (non-hydrogen) atoms. The molecule has 0 bridgehead atoms. The minimum absolute atomic E-state index is 0.0586. The smallest absolute Gasteiger partial charge is 0.273 e. The lowest BCUT2D eigenvalue weighted by Gasteiger charge is -2.26. The Labute approximate surface area is 142 Å². The van der Waals surface area contributed by atoms with Crippen molar-refractivity contribution in [1.29, 1.82) is 0 Å². The predicted octanol–water partition coefficient (Wildman–Crippen LogP) is 2.72. The van der Waals surface area contributed by atoms with E-state index in [-0.39, 0.29) is 17.7 Å². The largest absolute Gasteiger partial charge is 0.336 e. The second kappa shape index (κ2) is 5.42. The van der Waals surface area contributed by atoms with E-state index < -0.39 is 5.41 Å². The maximum Gasteiger partial charge on any atom is 0.273 e. The Hall–Kier alpha value is -1.73. The highest BCUT2D eigenvalue weighted by Crippen LogP contribution is 2.46. The van der Waals surface area contributed by atoms with Crippen LogP contribution in [-0.4, -0.2) is 41.3 Å². The van der Waals surface area contributed by atoms with Gasteiger partial charge in [-0.05, 0) is 23.8 Å². The zero-order valence-electron chi connectivity index (χ0n) is 12.8. The number of carbonyl (C=O) groups excluding carboxylic acids is 2. The molecule has 0 saturated carbocycles. The zero-order chi connectivity index (χ0) is 16.0. The van der Waals surface area contributed by atoms with Gasteiger partial charge in [0.1, 0.15) is 5.69 Å². The number of amides is 2. The van der Waals surface area contributed by atoms with Crippen LogP contribution in [0.4, 0.5) is 5.69 Å². The molecule has 4 heterocycles. The second-order valence-electron chi connectivity index (χ2n) is 6.30. The Morgan fingerprint density at radius 2 is 2.26 bits per heavy atom. The number of likely N-dealkylation sites (tertiary alicyclic amines) is 1. The summed E-state index contributed by atoms with van der Waals surface area (Å²) < 4.78 is 0. The summed E-state index contributed by atoms with van der Waals surface area (Å²) in [6, 6.07) is 1.99. The first-order valence-electron chi connectivity index (χ1n) is 7.63. The van der Waals surface area contributed by atoms with Crippen molar-refractivity contribution in [3.63, 3.8) is 0 Å². The van der Waals surface area contributed by atoms with Crippen LogP contribution in [0.2, 0.25) is 0 Å². The van der Waals surface area contributed by atoms with E-state index >= 15 is 0 Å². The third-order valence-electron chi connectivity index (χ3n) is 5.12. The maximum absolute atomic E-state index is 13.1. The number of thiazole rings is 1. The molecule has 0 radical (unpaired) electrons. The van der Waals surface area contributed by atoms with Gasteiger partial charge in [-0.25, -0.2) is 4.98 Å². The van der Waals surface area contributed by atoms with Crippen LogP contribution in [0.1, 0.15) is 23.8 Å². The molecule has 2 atom stereocenters. The van der Waals surface area contributed by atoms with Crippen LogP contribution in [0.25, 0.3) is 0 Å². The lowest BCUT2D eigenvalue weighted by Crippen LogP contribution is -2.40. The molecule has 0 aromatic carbocycles. The van der Waals surface area contributed by atoms with Gasteiger partial charge in [0, 0.05) is 30.4 Å². The normalized spacial score (nSPS) is 27.3. The van der Waals surface area contributed by atoms with Gasteiger partial charge < -0.3 is 9.80 Å². The predicted molar refractivity (Wildman–Crippen MR) is 90.9 cm³/mol. The molecule has 5 nitrogen and oxygen atoms in total. The van der Waals surface area contributed by atoms with E-state index in [1.807, 2.05) is 21.7 Å². The van der Waals surface area contributed by atoms with E-state index in [1.165, 1.54) is 11.3 Å². The molecule has 2 fully saturated rings. The van der Waals surface area contributed by atoms with Crippen molar-refractivity contribution < 1.29 is 9.59 Å². The van der Waals surface area contributed by atoms with Gasteiger partial charge in [-0.1, -0.05) is 6.92 Å². The highest BCUT2D eigenvalue weighted by Gasteiger charge is 2.56. The number of aromatic nitrogens is 1. The summed E-state index contributed by atoms with van der Waals surface area (Å²) in [4.78, 5) is 33.4.